The van der Waals surface area contributed by atoms with Crippen LogP contribution in [0.2, 0.25) is 5.02 Å². The van der Waals surface area contributed by atoms with Crippen LogP contribution in [0.15, 0.2) is 48.5 Å². The lowest BCUT2D eigenvalue weighted by Crippen LogP contribution is -2.14. The molecule has 3 rings (SSSR count). The van der Waals surface area contributed by atoms with Gasteiger partial charge < -0.3 is 10.1 Å². The zero-order valence-electron chi connectivity index (χ0n) is 13.2. The van der Waals surface area contributed by atoms with Gasteiger partial charge in [0.15, 0.2) is 5.69 Å². The van der Waals surface area contributed by atoms with E-state index in [0.29, 0.717) is 27.8 Å². The minimum absolute atomic E-state index is 0.237. The van der Waals surface area contributed by atoms with E-state index in [1.807, 2.05) is 18.2 Å². The fourth-order valence-corrected chi connectivity index (χ4v) is 2.47. The number of benzene rings is 2. The molecule has 1 heterocycles. The average molecular weight is 343 g/mol. The minimum atomic E-state index is -0.328. The number of aromatic nitrogens is 3. The molecule has 1 N–H and O–H groups in total. The van der Waals surface area contributed by atoms with E-state index >= 15 is 0 Å². The third-order valence-electron chi connectivity index (χ3n) is 3.51. The summed E-state index contributed by atoms with van der Waals surface area (Å²) in [6, 6.07) is 14.3. The minimum Gasteiger partial charge on any atom is -0.494 e. The maximum Gasteiger partial charge on any atom is 0.278 e. The van der Waals surface area contributed by atoms with E-state index < -0.39 is 0 Å². The summed E-state index contributed by atoms with van der Waals surface area (Å²) in [4.78, 5) is 12.4. The first kappa shape index (κ1) is 16.0. The molecule has 0 fully saturated rings. The zero-order valence-corrected chi connectivity index (χ0v) is 13.9. The van der Waals surface area contributed by atoms with Crippen LogP contribution in [0, 0.1) is 6.92 Å². The molecule has 3 aromatic rings. The lowest BCUT2D eigenvalue weighted by molar-refractivity contribution is 0.102. The fourth-order valence-electron chi connectivity index (χ4n) is 2.31. The molecule has 0 spiro atoms. The third-order valence-corrected chi connectivity index (χ3v) is 3.75. The van der Waals surface area contributed by atoms with Crippen molar-refractivity contribution in [3.05, 3.63) is 64.9 Å². The van der Waals surface area contributed by atoms with Gasteiger partial charge in [-0.2, -0.15) is 0 Å². The predicted molar refractivity (Wildman–Crippen MR) is 92.1 cm³/mol. The Labute approximate surface area is 144 Å². The highest BCUT2D eigenvalue weighted by atomic mass is 35.5. The summed E-state index contributed by atoms with van der Waals surface area (Å²) in [6.45, 7) is 1.76. The van der Waals surface area contributed by atoms with Crippen LogP contribution >= 0.6 is 11.6 Å². The summed E-state index contributed by atoms with van der Waals surface area (Å²) in [5, 5.41) is 11.4. The van der Waals surface area contributed by atoms with Crippen LogP contribution < -0.4 is 10.1 Å². The van der Waals surface area contributed by atoms with Crippen molar-refractivity contribution in [3.8, 4) is 11.4 Å². The van der Waals surface area contributed by atoms with Gasteiger partial charge in [0.05, 0.1) is 12.8 Å². The van der Waals surface area contributed by atoms with Gasteiger partial charge in [0.25, 0.3) is 5.91 Å². The number of para-hydroxylation sites is 1. The van der Waals surface area contributed by atoms with Gasteiger partial charge in [-0.25, -0.2) is 4.68 Å². The van der Waals surface area contributed by atoms with Crippen LogP contribution in [0.1, 0.15) is 16.2 Å². The highest BCUT2D eigenvalue weighted by Gasteiger charge is 2.19. The van der Waals surface area contributed by atoms with E-state index in [1.54, 1.807) is 44.4 Å². The Bertz CT molecular complexity index is 878. The lowest BCUT2D eigenvalue weighted by Gasteiger charge is -2.10. The first-order valence-electron chi connectivity index (χ1n) is 7.23. The highest BCUT2D eigenvalue weighted by molar-refractivity contribution is 6.30. The Morgan fingerprint density at radius 3 is 2.67 bits per heavy atom. The summed E-state index contributed by atoms with van der Waals surface area (Å²) >= 11 is 6.06. The van der Waals surface area contributed by atoms with Crippen molar-refractivity contribution in [2.75, 3.05) is 12.4 Å². The van der Waals surface area contributed by atoms with Gasteiger partial charge in [0.1, 0.15) is 11.4 Å². The SMILES string of the molecule is COc1ccc(Cl)cc1-n1nnc(C(=O)Nc2ccccc2)c1C. The molecule has 0 atom stereocenters. The largest absolute Gasteiger partial charge is 0.494 e. The Balaban J connectivity index is 1.94. The number of methoxy groups -OCH3 is 1. The summed E-state index contributed by atoms with van der Waals surface area (Å²) in [6.07, 6.45) is 0. The second kappa shape index (κ2) is 6.72. The number of carbonyl (C=O) groups excluding carboxylic acids is 1. The summed E-state index contributed by atoms with van der Waals surface area (Å²) in [5.74, 6) is 0.258. The number of halogens is 1. The molecule has 7 heteroatoms. The second-order valence-corrected chi connectivity index (χ2v) is 5.51. The van der Waals surface area contributed by atoms with Gasteiger partial charge >= 0.3 is 0 Å². The van der Waals surface area contributed by atoms with Crippen LogP contribution in [-0.2, 0) is 0 Å². The molecule has 0 bridgehead atoms. The smallest absolute Gasteiger partial charge is 0.278 e. The van der Waals surface area contributed by atoms with E-state index in [1.165, 1.54) is 4.68 Å². The number of carbonyl (C=O) groups is 1. The maximum atomic E-state index is 12.4. The molecule has 0 aliphatic carbocycles. The van der Waals surface area contributed by atoms with Gasteiger partial charge in [0, 0.05) is 10.7 Å². The molecular formula is C17H15ClN4O2. The van der Waals surface area contributed by atoms with Crippen LogP contribution in [-0.4, -0.2) is 28.0 Å². The first-order chi connectivity index (χ1) is 11.6. The average Bonchev–Trinajstić information content (AvgIpc) is 2.97. The molecule has 0 saturated carbocycles. The zero-order chi connectivity index (χ0) is 17.1. The lowest BCUT2D eigenvalue weighted by atomic mass is 10.2. The molecule has 2 aromatic carbocycles. The van der Waals surface area contributed by atoms with Crippen molar-refractivity contribution in [1.29, 1.82) is 0 Å². The quantitative estimate of drug-likeness (QED) is 0.788. The van der Waals surface area contributed by atoms with Gasteiger partial charge in [-0.1, -0.05) is 35.0 Å². The van der Waals surface area contributed by atoms with Crippen LogP contribution in [0.5, 0.6) is 5.75 Å². The molecule has 122 valence electrons. The topological polar surface area (TPSA) is 69.0 Å². The van der Waals surface area contributed by atoms with Crippen LogP contribution in [0.25, 0.3) is 5.69 Å². The fraction of sp³-hybridized carbons (Fsp3) is 0.118. The third kappa shape index (κ3) is 3.09. The van der Waals surface area contributed by atoms with Crippen molar-refractivity contribution < 1.29 is 9.53 Å². The van der Waals surface area contributed by atoms with E-state index in [2.05, 4.69) is 15.6 Å². The van der Waals surface area contributed by atoms with Gasteiger partial charge in [-0.05, 0) is 37.3 Å². The van der Waals surface area contributed by atoms with E-state index in [0.717, 1.165) is 0 Å². The predicted octanol–water partition coefficient (Wildman–Crippen LogP) is 3.49. The van der Waals surface area contributed by atoms with E-state index in [-0.39, 0.29) is 11.6 Å². The van der Waals surface area contributed by atoms with Gasteiger partial charge in [-0.3, -0.25) is 4.79 Å². The van der Waals surface area contributed by atoms with Gasteiger partial charge in [-0.15, -0.1) is 5.10 Å². The van der Waals surface area contributed by atoms with Crippen molar-refractivity contribution in [2.45, 2.75) is 6.92 Å². The number of ether oxygens (including phenoxy) is 1. The monoisotopic (exact) mass is 342 g/mol. The van der Waals surface area contributed by atoms with E-state index in [9.17, 15) is 4.79 Å². The Morgan fingerprint density at radius 2 is 1.96 bits per heavy atom. The highest BCUT2D eigenvalue weighted by Crippen LogP contribution is 2.27. The Kier molecular flexibility index (Phi) is 4.48. The molecular weight excluding hydrogens is 328 g/mol. The molecule has 24 heavy (non-hydrogen) atoms. The maximum absolute atomic E-state index is 12.4. The summed E-state index contributed by atoms with van der Waals surface area (Å²) < 4.78 is 6.86. The molecule has 0 unspecified atom stereocenters. The number of amides is 1. The van der Waals surface area contributed by atoms with Crippen molar-refractivity contribution in [2.24, 2.45) is 0 Å². The summed E-state index contributed by atoms with van der Waals surface area (Å²) in [5.41, 5.74) is 2.13. The number of hydrogen-bond donors (Lipinski definition) is 1. The standard InChI is InChI=1S/C17H15ClN4O2/c1-11-16(17(23)19-13-6-4-3-5-7-13)20-21-22(11)14-10-12(18)8-9-15(14)24-2/h3-10H,1-2H3,(H,19,23). The molecule has 1 aromatic heterocycles. The normalized spacial score (nSPS) is 10.5. The number of nitrogens with zero attached hydrogens (tertiary/aromatic N) is 3. The molecule has 0 saturated heterocycles. The summed E-state index contributed by atoms with van der Waals surface area (Å²) in [7, 11) is 1.56. The molecule has 1 amide bonds. The molecule has 0 aliphatic heterocycles. The van der Waals surface area contributed by atoms with E-state index in [4.69, 9.17) is 16.3 Å². The Hall–Kier alpha value is -2.86. The Morgan fingerprint density at radius 1 is 1.21 bits per heavy atom. The van der Waals surface area contributed by atoms with Crippen molar-refractivity contribution >= 4 is 23.2 Å². The molecule has 0 aliphatic rings. The second-order valence-electron chi connectivity index (χ2n) is 5.07. The number of rotatable bonds is 4. The first-order valence-corrected chi connectivity index (χ1v) is 7.60. The van der Waals surface area contributed by atoms with Crippen LogP contribution in [0.3, 0.4) is 0 Å². The number of anilines is 1. The molecule has 6 nitrogen and oxygen atoms in total. The number of nitrogens with one attached hydrogen (secondary N) is 1. The van der Waals surface area contributed by atoms with Crippen molar-refractivity contribution in [1.82, 2.24) is 15.0 Å². The van der Waals surface area contributed by atoms with Gasteiger partial charge in [0.2, 0.25) is 0 Å². The van der Waals surface area contributed by atoms with Crippen molar-refractivity contribution in [3.63, 3.8) is 0 Å². The van der Waals surface area contributed by atoms with Crippen LogP contribution in [0.4, 0.5) is 5.69 Å². The molecule has 0 radical (unpaired) electrons. The number of hydrogen-bond acceptors (Lipinski definition) is 4.